The molecule has 1 fully saturated rings. The summed E-state index contributed by atoms with van der Waals surface area (Å²) in [5.74, 6) is -0.125. The first-order valence-electron chi connectivity index (χ1n) is 11.3. The second-order valence-electron chi connectivity index (χ2n) is 8.40. The molecule has 1 saturated heterocycles. The van der Waals surface area contributed by atoms with Crippen LogP contribution < -0.4 is 10.1 Å². The lowest BCUT2D eigenvalue weighted by Crippen LogP contribution is -2.35. The topological polar surface area (TPSA) is 94.6 Å². The Morgan fingerprint density at radius 2 is 1.80 bits per heavy atom. The molecule has 35 heavy (non-hydrogen) atoms. The molecular weight excluding hydrogens is 464 g/mol. The quantitative estimate of drug-likeness (QED) is 0.426. The van der Waals surface area contributed by atoms with Gasteiger partial charge in [-0.1, -0.05) is 43.3 Å². The summed E-state index contributed by atoms with van der Waals surface area (Å²) in [5.41, 5.74) is 3.05. The van der Waals surface area contributed by atoms with Crippen LogP contribution in [0.4, 0.5) is 4.79 Å². The maximum absolute atomic E-state index is 12.7. The van der Waals surface area contributed by atoms with E-state index in [1.54, 1.807) is 49.5 Å². The number of rotatable bonds is 9. The van der Waals surface area contributed by atoms with Crippen LogP contribution in [0.3, 0.4) is 0 Å². The van der Waals surface area contributed by atoms with Crippen LogP contribution in [0.2, 0.25) is 0 Å². The van der Waals surface area contributed by atoms with Gasteiger partial charge in [-0.2, -0.15) is 0 Å². The molecule has 1 aliphatic rings. The third kappa shape index (κ3) is 6.08. The highest BCUT2D eigenvalue weighted by Crippen LogP contribution is 2.35. The van der Waals surface area contributed by atoms with Crippen molar-refractivity contribution >= 4 is 28.9 Å². The summed E-state index contributed by atoms with van der Waals surface area (Å²) in [4.78, 5) is 40.8. The van der Waals surface area contributed by atoms with Crippen molar-refractivity contribution in [2.75, 3.05) is 6.61 Å². The number of thioether (sulfide) groups is 1. The van der Waals surface area contributed by atoms with E-state index in [0.29, 0.717) is 17.7 Å². The Balaban J connectivity index is 1.44. The smallest absolute Gasteiger partial charge is 0.338 e. The number of ether oxygens (including phenoxy) is 2. The second-order valence-corrected chi connectivity index (χ2v) is 9.88. The number of carbonyl (C=O) groups is 3. The second kappa shape index (κ2) is 10.7. The number of aromatic nitrogens is 1. The van der Waals surface area contributed by atoms with Crippen LogP contribution in [-0.4, -0.2) is 33.5 Å². The van der Waals surface area contributed by atoms with E-state index in [-0.39, 0.29) is 17.8 Å². The number of pyridine rings is 1. The normalized spacial score (nSPS) is 18.1. The molecule has 0 saturated carbocycles. The molecule has 4 rings (SSSR count). The SMILES string of the molecule is CCc1ccc([C@H](COc2ccc(CC3(C)SC(=O)NC3=O)cc2)OC(=O)c2ccccc2)cn1. The molecule has 0 radical (unpaired) electrons. The van der Waals surface area contributed by atoms with Gasteiger partial charge in [0.25, 0.3) is 5.24 Å². The van der Waals surface area contributed by atoms with E-state index in [1.165, 1.54) is 0 Å². The number of nitrogens with one attached hydrogen (secondary N) is 1. The van der Waals surface area contributed by atoms with Gasteiger partial charge >= 0.3 is 5.97 Å². The summed E-state index contributed by atoms with van der Waals surface area (Å²) in [7, 11) is 0. The van der Waals surface area contributed by atoms with E-state index in [9.17, 15) is 14.4 Å². The molecule has 2 amide bonds. The monoisotopic (exact) mass is 490 g/mol. The zero-order chi connectivity index (χ0) is 24.8. The Bertz CT molecular complexity index is 1200. The fraction of sp³-hybridized carbons (Fsp3) is 0.259. The van der Waals surface area contributed by atoms with Gasteiger partial charge in [-0.15, -0.1) is 0 Å². The summed E-state index contributed by atoms with van der Waals surface area (Å²) in [5, 5.41) is 2.01. The summed E-state index contributed by atoms with van der Waals surface area (Å²) in [6.45, 7) is 3.89. The minimum absolute atomic E-state index is 0.107. The fourth-order valence-electron chi connectivity index (χ4n) is 3.69. The average molecular weight is 491 g/mol. The molecule has 3 aromatic rings. The lowest BCUT2D eigenvalue weighted by Gasteiger charge is -2.20. The Hall–Kier alpha value is -3.65. The zero-order valence-corrected chi connectivity index (χ0v) is 20.3. The van der Waals surface area contributed by atoms with Gasteiger partial charge in [0.1, 0.15) is 17.1 Å². The van der Waals surface area contributed by atoms with Gasteiger partial charge in [0.15, 0.2) is 6.10 Å². The number of hydrogen-bond donors (Lipinski definition) is 1. The molecule has 7 nitrogen and oxygen atoms in total. The summed E-state index contributed by atoms with van der Waals surface area (Å²) in [6, 6.07) is 19.9. The van der Waals surface area contributed by atoms with Crippen LogP contribution in [0, 0.1) is 0 Å². The van der Waals surface area contributed by atoms with Crippen molar-refractivity contribution in [2.45, 2.75) is 37.5 Å². The van der Waals surface area contributed by atoms with Crippen molar-refractivity contribution < 1.29 is 23.9 Å². The first-order chi connectivity index (χ1) is 16.9. The maximum Gasteiger partial charge on any atom is 0.338 e. The van der Waals surface area contributed by atoms with E-state index >= 15 is 0 Å². The summed E-state index contributed by atoms with van der Waals surface area (Å²) >= 11 is 1.01. The molecule has 8 heteroatoms. The first-order valence-corrected chi connectivity index (χ1v) is 12.1. The van der Waals surface area contributed by atoms with E-state index in [1.807, 2.05) is 37.3 Å². The molecule has 0 bridgehead atoms. The van der Waals surface area contributed by atoms with Crippen LogP contribution in [0.5, 0.6) is 5.75 Å². The van der Waals surface area contributed by atoms with Crippen LogP contribution in [0.15, 0.2) is 72.9 Å². The molecule has 1 unspecified atom stereocenters. The number of imide groups is 1. The Morgan fingerprint density at radius 3 is 2.40 bits per heavy atom. The Labute approximate surface area is 208 Å². The zero-order valence-electron chi connectivity index (χ0n) is 19.5. The van der Waals surface area contributed by atoms with E-state index < -0.39 is 16.8 Å². The highest BCUT2D eigenvalue weighted by molar-refractivity contribution is 8.16. The number of amides is 2. The molecule has 2 atom stereocenters. The molecule has 1 N–H and O–H groups in total. The molecular formula is C27H26N2O5S. The molecule has 180 valence electrons. The number of hydrogen-bond acceptors (Lipinski definition) is 7. The van der Waals surface area contributed by atoms with Gasteiger partial charge < -0.3 is 9.47 Å². The van der Waals surface area contributed by atoms with Crippen molar-refractivity contribution in [3.63, 3.8) is 0 Å². The molecule has 0 spiro atoms. The maximum atomic E-state index is 12.7. The van der Waals surface area contributed by atoms with Crippen LogP contribution >= 0.6 is 11.8 Å². The largest absolute Gasteiger partial charge is 0.489 e. The lowest BCUT2D eigenvalue weighted by atomic mass is 9.99. The number of carbonyl (C=O) groups excluding carboxylic acids is 3. The molecule has 2 heterocycles. The van der Waals surface area contributed by atoms with Crippen LogP contribution in [0.25, 0.3) is 0 Å². The van der Waals surface area contributed by atoms with Gasteiger partial charge in [-0.25, -0.2) is 4.79 Å². The standard InChI is InChI=1S/C27H26N2O5S/c1-3-21-12-11-20(16-28-21)23(34-24(30)19-7-5-4-6-8-19)17-33-22-13-9-18(10-14-22)15-27(2)25(31)29-26(32)35-27/h4-14,16,23H,3,15,17H2,1-2H3,(H,29,31,32)/t23-,27?/m0/s1. The highest BCUT2D eigenvalue weighted by Gasteiger charge is 2.43. The van der Waals surface area contributed by atoms with Gasteiger partial charge in [0.05, 0.1) is 5.56 Å². The van der Waals surface area contributed by atoms with Crippen molar-refractivity contribution in [3.05, 3.63) is 95.3 Å². The molecule has 2 aromatic carbocycles. The number of esters is 1. The van der Waals surface area contributed by atoms with Gasteiger partial charge in [-0.3, -0.25) is 19.9 Å². The lowest BCUT2D eigenvalue weighted by molar-refractivity contribution is -0.121. The first kappa shape index (κ1) is 24.5. The number of benzene rings is 2. The summed E-state index contributed by atoms with van der Waals surface area (Å²) < 4.78 is 10.9. The number of aryl methyl sites for hydroxylation is 1. The van der Waals surface area contributed by atoms with Crippen molar-refractivity contribution in [2.24, 2.45) is 0 Å². The predicted molar refractivity (Wildman–Crippen MR) is 133 cm³/mol. The van der Waals surface area contributed by atoms with Crippen molar-refractivity contribution in [1.82, 2.24) is 10.3 Å². The Morgan fingerprint density at radius 1 is 1.06 bits per heavy atom. The molecule has 1 aromatic heterocycles. The average Bonchev–Trinajstić information content (AvgIpc) is 3.13. The van der Waals surface area contributed by atoms with Crippen molar-refractivity contribution in [3.8, 4) is 5.75 Å². The van der Waals surface area contributed by atoms with Crippen LogP contribution in [0.1, 0.15) is 47.1 Å². The molecule has 0 aliphatic carbocycles. The third-order valence-corrected chi connectivity index (χ3v) is 6.79. The van der Waals surface area contributed by atoms with Gasteiger partial charge in [0.2, 0.25) is 5.91 Å². The van der Waals surface area contributed by atoms with E-state index in [0.717, 1.165) is 35.0 Å². The fourth-order valence-corrected chi connectivity index (χ4v) is 4.62. The molecule has 1 aliphatic heterocycles. The minimum atomic E-state index is -0.826. The predicted octanol–water partition coefficient (Wildman–Crippen LogP) is 4.91. The van der Waals surface area contributed by atoms with Gasteiger partial charge in [-0.05, 0) is 67.4 Å². The van der Waals surface area contributed by atoms with E-state index in [2.05, 4.69) is 10.3 Å². The Kier molecular flexibility index (Phi) is 7.51. The van der Waals surface area contributed by atoms with Crippen molar-refractivity contribution in [1.29, 1.82) is 0 Å². The van der Waals surface area contributed by atoms with Crippen LogP contribution in [-0.2, 0) is 22.4 Å². The third-order valence-electron chi connectivity index (χ3n) is 5.72. The summed E-state index contributed by atoms with van der Waals surface area (Å²) in [6.07, 6.45) is 2.29. The number of nitrogens with zero attached hydrogens (tertiary/aromatic N) is 1. The minimum Gasteiger partial charge on any atom is -0.489 e. The highest BCUT2D eigenvalue weighted by atomic mass is 32.2. The van der Waals surface area contributed by atoms with Gasteiger partial charge in [0, 0.05) is 17.5 Å². The van der Waals surface area contributed by atoms with E-state index in [4.69, 9.17) is 9.47 Å².